The van der Waals surface area contributed by atoms with Crippen LogP contribution in [-0.2, 0) is 4.57 Å². The smallest absolute Gasteiger partial charge is 0.180 e. The molecule has 0 aromatic carbocycles. The van der Waals surface area contributed by atoms with Gasteiger partial charge in [0.15, 0.2) is 6.34 Å². The molecule has 0 spiro atoms. The van der Waals surface area contributed by atoms with Gasteiger partial charge in [-0.3, -0.25) is 0 Å². The van der Waals surface area contributed by atoms with Crippen LogP contribution in [0.25, 0.3) is 0 Å². The molecule has 0 rings (SSSR count). The molecule has 1 unspecified atom stereocenters. The molecule has 0 aliphatic rings. The third-order valence-corrected chi connectivity index (χ3v) is 6.43. The van der Waals surface area contributed by atoms with E-state index in [9.17, 15) is 4.57 Å². The third-order valence-electron chi connectivity index (χ3n) is 1.43. The van der Waals surface area contributed by atoms with Crippen LogP contribution in [0.5, 0.6) is 0 Å². The fourth-order valence-electron chi connectivity index (χ4n) is 0.516. The molecular weight excluding hydrogens is 175 g/mol. The van der Waals surface area contributed by atoms with E-state index in [0.29, 0.717) is 5.25 Å². The summed E-state index contributed by atoms with van der Waals surface area (Å²) in [6.07, 6.45) is -1.29. The van der Waals surface area contributed by atoms with Crippen molar-refractivity contribution in [1.29, 1.82) is 0 Å². The van der Waals surface area contributed by atoms with Crippen LogP contribution in [0.15, 0.2) is 24.8 Å². The van der Waals surface area contributed by atoms with Crippen LogP contribution in [-0.4, -0.2) is 5.25 Å². The van der Waals surface area contributed by atoms with Crippen molar-refractivity contribution in [3.63, 3.8) is 0 Å². The lowest BCUT2D eigenvalue weighted by molar-refractivity contribution is 0.595. The average Bonchev–Trinajstić information content (AvgIpc) is 2.04. The molecule has 0 N–H and O–H groups in total. The van der Waals surface area contributed by atoms with Gasteiger partial charge in [-0.1, -0.05) is 38.4 Å². The van der Waals surface area contributed by atoms with E-state index in [1.54, 1.807) is 0 Å². The van der Waals surface area contributed by atoms with Gasteiger partial charge in [-0.2, -0.15) is 0 Å². The molecule has 0 aromatic rings. The quantitative estimate of drug-likeness (QED) is 0.607. The van der Waals surface area contributed by atoms with Gasteiger partial charge in [-0.15, -0.1) is 0 Å². The normalized spacial score (nSPS) is 14.0. The van der Waals surface area contributed by atoms with Gasteiger partial charge in [0.05, 0.1) is 0 Å². The summed E-state index contributed by atoms with van der Waals surface area (Å²) in [6, 6.07) is 0. The monoisotopic (exact) mass is 190 g/mol. The lowest BCUT2D eigenvalue weighted by Gasteiger charge is -2.12. The summed E-state index contributed by atoms with van der Waals surface area (Å²) in [5.41, 5.74) is 0. The van der Waals surface area contributed by atoms with Gasteiger partial charge in [0.2, 0.25) is 0 Å². The van der Waals surface area contributed by atoms with Gasteiger partial charge in [0, 0.05) is 5.25 Å². The summed E-state index contributed by atoms with van der Waals surface area (Å²) < 4.78 is 11.6. The SMILES string of the molecule is C=CP(=O)(C=C)SC(C)CC. The highest BCUT2D eigenvalue weighted by Crippen LogP contribution is 2.62. The number of hydrogen-bond acceptors (Lipinski definition) is 2. The van der Waals surface area contributed by atoms with Gasteiger partial charge in [0.25, 0.3) is 0 Å². The van der Waals surface area contributed by atoms with Crippen molar-refractivity contribution in [2.75, 3.05) is 0 Å². The van der Waals surface area contributed by atoms with E-state index in [2.05, 4.69) is 27.0 Å². The molecular formula is C8H15OPS. The molecule has 1 atom stereocenters. The van der Waals surface area contributed by atoms with Crippen molar-refractivity contribution < 1.29 is 4.57 Å². The van der Waals surface area contributed by atoms with Gasteiger partial charge in [-0.25, -0.2) is 0 Å². The van der Waals surface area contributed by atoms with E-state index in [0.717, 1.165) is 6.42 Å². The molecule has 3 heteroatoms. The zero-order chi connectivity index (χ0) is 8.91. The fraction of sp³-hybridized carbons (Fsp3) is 0.500. The predicted molar refractivity (Wildman–Crippen MR) is 55.3 cm³/mol. The van der Waals surface area contributed by atoms with Crippen LogP contribution < -0.4 is 0 Å². The molecule has 0 radical (unpaired) electrons. The molecule has 0 aliphatic carbocycles. The Kier molecular flexibility index (Phi) is 4.87. The van der Waals surface area contributed by atoms with Crippen LogP contribution in [0.3, 0.4) is 0 Å². The molecule has 0 saturated heterocycles. The van der Waals surface area contributed by atoms with Gasteiger partial charge in [0.1, 0.15) is 0 Å². The molecule has 0 saturated carbocycles. The molecule has 0 bridgehead atoms. The minimum atomic E-state index is -2.31. The minimum absolute atomic E-state index is 0.414. The van der Waals surface area contributed by atoms with E-state index in [-0.39, 0.29) is 0 Å². The van der Waals surface area contributed by atoms with Crippen molar-refractivity contribution in [2.45, 2.75) is 25.5 Å². The lowest BCUT2D eigenvalue weighted by atomic mass is 10.4. The zero-order valence-corrected chi connectivity index (χ0v) is 8.83. The van der Waals surface area contributed by atoms with Crippen molar-refractivity contribution in [3.8, 4) is 0 Å². The highest BCUT2D eigenvalue weighted by Gasteiger charge is 2.16. The van der Waals surface area contributed by atoms with Crippen LogP contribution in [0.4, 0.5) is 0 Å². The lowest BCUT2D eigenvalue weighted by Crippen LogP contribution is -1.89. The molecule has 0 amide bonds. The van der Waals surface area contributed by atoms with Crippen molar-refractivity contribution in [2.24, 2.45) is 0 Å². The second kappa shape index (κ2) is 4.84. The Hall–Kier alpha value is 0.0600. The molecule has 0 heterocycles. The molecule has 0 fully saturated rings. The van der Waals surface area contributed by atoms with Crippen molar-refractivity contribution in [3.05, 3.63) is 24.8 Å². The topological polar surface area (TPSA) is 17.1 Å². The maximum absolute atomic E-state index is 11.6. The highest BCUT2D eigenvalue weighted by atomic mass is 32.7. The van der Waals surface area contributed by atoms with E-state index in [4.69, 9.17) is 0 Å². The summed E-state index contributed by atoms with van der Waals surface area (Å²) in [5.74, 6) is 3.02. The Morgan fingerprint density at radius 2 is 2.00 bits per heavy atom. The summed E-state index contributed by atoms with van der Waals surface area (Å²) in [5, 5.41) is 0.414. The third kappa shape index (κ3) is 3.83. The first-order valence-corrected chi connectivity index (χ1v) is 6.96. The van der Waals surface area contributed by atoms with Crippen molar-refractivity contribution >= 4 is 17.7 Å². The molecule has 64 valence electrons. The number of hydrogen-bond donors (Lipinski definition) is 0. The van der Waals surface area contributed by atoms with E-state index in [1.165, 1.54) is 23.0 Å². The predicted octanol–water partition coefficient (Wildman–Crippen LogP) is 4.08. The maximum atomic E-state index is 11.6. The number of rotatable bonds is 5. The Morgan fingerprint density at radius 1 is 1.55 bits per heavy atom. The van der Waals surface area contributed by atoms with Crippen LogP contribution in [0.2, 0.25) is 0 Å². The summed E-state index contributed by atoms with van der Waals surface area (Å²) in [6.45, 7) is 11.2. The van der Waals surface area contributed by atoms with Gasteiger partial charge in [-0.05, 0) is 18.1 Å². The Balaban J connectivity index is 4.19. The van der Waals surface area contributed by atoms with Crippen molar-refractivity contribution in [1.82, 2.24) is 0 Å². The highest BCUT2D eigenvalue weighted by molar-refractivity contribution is 8.60. The summed E-state index contributed by atoms with van der Waals surface area (Å²) >= 11 is 1.47. The van der Waals surface area contributed by atoms with Crippen LogP contribution in [0.1, 0.15) is 20.3 Å². The summed E-state index contributed by atoms with van der Waals surface area (Å²) in [7, 11) is 0. The molecule has 0 aliphatic heterocycles. The van der Waals surface area contributed by atoms with Gasteiger partial charge >= 0.3 is 0 Å². The van der Waals surface area contributed by atoms with E-state index >= 15 is 0 Å². The Morgan fingerprint density at radius 3 is 2.27 bits per heavy atom. The maximum Gasteiger partial charge on any atom is 0.180 e. The Labute approximate surface area is 73.1 Å². The fourth-order valence-corrected chi connectivity index (χ4v) is 4.20. The average molecular weight is 190 g/mol. The first-order valence-electron chi connectivity index (χ1n) is 3.63. The first-order chi connectivity index (χ1) is 5.08. The van der Waals surface area contributed by atoms with E-state index in [1.807, 2.05) is 0 Å². The zero-order valence-electron chi connectivity index (χ0n) is 7.12. The van der Waals surface area contributed by atoms with Crippen LogP contribution in [0, 0.1) is 0 Å². The molecule has 0 aromatic heterocycles. The second-order valence-electron chi connectivity index (χ2n) is 2.33. The Bertz CT molecular complexity index is 177. The van der Waals surface area contributed by atoms with Gasteiger partial charge < -0.3 is 4.57 Å². The largest absolute Gasteiger partial charge is 0.303 e. The first kappa shape index (κ1) is 11.1. The standard InChI is InChI=1S/C8H15OPS/c1-5-8(4)11-10(9,6-2)7-3/h6-8H,2-3,5H2,1,4H3. The van der Waals surface area contributed by atoms with E-state index < -0.39 is 6.34 Å². The summed E-state index contributed by atoms with van der Waals surface area (Å²) in [4.78, 5) is 0. The molecule has 1 nitrogen and oxygen atoms in total. The second-order valence-corrected chi connectivity index (χ2v) is 7.72. The molecule has 11 heavy (non-hydrogen) atoms. The van der Waals surface area contributed by atoms with Crippen LogP contribution >= 0.6 is 17.7 Å². The minimum Gasteiger partial charge on any atom is -0.303 e.